The average molecular weight is 311 g/mol. The lowest BCUT2D eigenvalue weighted by molar-refractivity contribution is -0.140. The smallest absolute Gasteiger partial charge is 0.344 e. The number of pyridine rings is 1. The molecule has 0 bridgehead atoms. The van der Waals surface area contributed by atoms with Gasteiger partial charge < -0.3 is 4.98 Å². The van der Waals surface area contributed by atoms with Crippen molar-refractivity contribution in [2.24, 2.45) is 0 Å². The van der Waals surface area contributed by atoms with E-state index < -0.39 is 11.9 Å². The molecule has 0 aromatic carbocycles. The Morgan fingerprint density at radius 1 is 1.23 bits per heavy atom. The van der Waals surface area contributed by atoms with Gasteiger partial charge in [-0.25, -0.2) is 4.98 Å². The first-order valence-electron chi connectivity index (χ1n) is 7.54. The van der Waals surface area contributed by atoms with Crippen molar-refractivity contribution in [3.63, 3.8) is 0 Å². The molecule has 3 nitrogen and oxygen atoms in total. The number of nitrogens with zero attached hydrogens (tertiary/aromatic N) is 2. The summed E-state index contributed by atoms with van der Waals surface area (Å²) in [5.41, 5.74) is 0.632. The first kappa shape index (κ1) is 16.5. The van der Waals surface area contributed by atoms with Gasteiger partial charge in [0.25, 0.3) is 0 Å². The van der Waals surface area contributed by atoms with E-state index in [4.69, 9.17) is 0 Å². The highest BCUT2D eigenvalue weighted by Gasteiger charge is 2.33. The molecule has 0 saturated heterocycles. The zero-order valence-corrected chi connectivity index (χ0v) is 12.7. The first-order chi connectivity index (χ1) is 10.5. The topological polar surface area (TPSA) is 41.6 Å². The van der Waals surface area contributed by atoms with Gasteiger partial charge in [0, 0.05) is 29.6 Å². The van der Waals surface area contributed by atoms with E-state index in [1.165, 1.54) is 0 Å². The molecule has 22 heavy (non-hydrogen) atoms. The van der Waals surface area contributed by atoms with Gasteiger partial charge in [0.1, 0.15) is 5.82 Å². The van der Waals surface area contributed by atoms with E-state index in [1.807, 2.05) is 6.07 Å². The summed E-state index contributed by atoms with van der Waals surface area (Å²) in [5, 5.41) is 0. The molecule has 0 aliphatic heterocycles. The fourth-order valence-electron chi connectivity index (χ4n) is 2.41. The number of rotatable bonds is 6. The lowest BCUT2D eigenvalue weighted by Crippen LogP contribution is -2.05. The van der Waals surface area contributed by atoms with E-state index in [2.05, 4.69) is 28.8 Å². The number of halogens is 3. The fraction of sp³-hybridized carbons (Fsp3) is 0.500. The molecule has 1 atom stereocenters. The van der Waals surface area contributed by atoms with Gasteiger partial charge in [0.15, 0.2) is 5.69 Å². The minimum atomic E-state index is -4.43. The molecular formula is C16H20F3N3. The van der Waals surface area contributed by atoms with Gasteiger partial charge in [-0.3, -0.25) is 4.98 Å². The molecule has 120 valence electrons. The van der Waals surface area contributed by atoms with E-state index in [-0.39, 0.29) is 5.82 Å². The highest BCUT2D eigenvalue weighted by atomic mass is 19.4. The lowest BCUT2D eigenvalue weighted by atomic mass is 9.95. The van der Waals surface area contributed by atoms with Gasteiger partial charge in [0.2, 0.25) is 0 Å². The summed E-state index contributed by atoms with van der Waals surface area (Å²) in [6.07, 6.45) is 2.40. The van der Waals surface area contributed by atoms with Crippen LogP contribution in [0.1, 0.15) is 56.8 Å². The van der Waals surface area contributed by atoms with Gasteiger partial charge in [-0.15, -0.1) is 0 Å². The monoisotopic (exact) mass is 311 g/mol. The molecule has 6 heteroatoms. The Hall–Kier alpha value is -1.85. The first-order valence-corrected chi connectivity index (χ1v) is 7.54. The van der Waals surface area contributed by atoms with E-state index in [0.29, 0.717) is 11.5 Å². The van der Waals surface area contributed by atoms with Crippen molar-refractivity contribution in [2.45, 2.75) is 51.6 Å². The van der Waals surface area contributed by atoms with E-state index in [0.717, 1.165) is 37.6 Å². The molecule has 2 aromatic heterocycles. The van der Waals surface area contributed by atoms with Crippen molar-refractivity contribution < 1.29 is 13.2 Å². The number of imidazole rings is 1. The number of alkyl halides is 3. The maximum Gasteiger partial charge on any atom is 0.434 e. The summed E-state index contributed by atoms with van der Waals surface area (Å²) < 4.78 is 37.7. The van der Waals surface area contributed by atoms with Gasteiger partial charge in [-0.2, -0.15) is 13.2 Å². The molecule has 2 rings (SSSR count). The third-order valence-corrected chi connectivity index (χ3v) is 3.75. The predicted molar refractivity (Wildman–Crippen MR) is 79.4 cm³/mol. The minimum Gasteiger partial charge on any atom is -0.344 e. The number of hydrogen-bond acceptors (Lipinski definition) is 2. The number of aromatic amines is 1. The summed E-state index contributed by atoms with van der Waals surface area (Å²) in [7, 11) is 0. The Balaban J connectivity index is 2.16. The number of unbranched alkanes of at least 4 members (excludes halogenated alkanes) is 1. The highest BCUT2D eigenvalue weighted by Crippen LogP contribution is 2.30. The average Bonchev–Trinajstić information content (AvgIpc) is 2.99. The van der Waals surface area contributed by atoms with Crippen molar-refractivity contribution in [3.05, 3.63) is 35.9 Å². The standard InChI is InChI=1S/C16H20F3N3/c1-3-5-6-11(4-2)13-8-7-12(9-20-13)15-21-10-14(22-15)16(17,18)19/h7-11H,3-6H2,1-2H3,(H,21,22). The van der Waals surface area contributed by atoms with Crippen LogP contribution in [-0.2, 0) is 6.18 Å². The molecule has 2 aromatic rings. The Labute approximate surface area is 128 Å². The Morgan fingerprint density at radius 3 is 2.50 bits per heavy atom. The number of aromatic nitrogens is 3. The Kier molecular flexibility index (Phi) is 5.21. The van der Waals surface area contributed by atoms with Crippen molar-refractivity contribution in [1.82, 2.24) is 15.0 Å². The molecule has 0 aliphatic carbocycles. The Morgan fingerprint density at radius 2 is 2.00 bits per heavy atom. The van der Waals surface area contributed by atoms with E-state index in [1.54, 1.807) is 12.3 Å². The number of hydrogen-bond donors (Lipinski definition) is 1. The van der Waals surface area contributed by atoms with E-state index >= 15 is 0 Å². The van der Waals surface area contributed by atoms with Gasteiger partial charge in [-0.1, -0.05) is 26.7 Å². The minimum absolute atomic E-state index is 0.188. The zero-order valence-electron chi connectivity index (χ0n) is 12.7. The van der Waals surface area contributed by atoms with Gasteiger partial charge >= 0.3 is 6.18 Å². The Bertz CT molecular complexity index is 587. The van der Waals surface area contributed by atoms with Crippen LogP contribution in [0.3, 0.4) is 0 Å². The van der Waals surface area contributed by atoms with Gasteiger partial charge in [-0.05, 0) is 25.0 Å². The summed E-state index contributed by atoms with van der Waals surface area (Å²) in [5.74, 6) is 0.587. The number of H-pyrrole nitrogens is 1. The van der Waals surface area contributed by atoms with Crippen LogP contribution in [0.5, 0.6) is 0 Å². The number of nitrogens with one attached hydrogen (secondary N) is 1. The predicted octanol–water partition coefficient (Wildman–Crippen LogP) is 5.17. The SMILES string of the molecule is CCCCC(CC)c1ccc(-c2nc(C(F)(F)F)c[nH]2)cn1. The summed E-state index contributed by atoms with van der Waals surface area (Å²) in [6, 6.07) is 3.66. The van der Waals surface area contributed by atoms with Crippen LogP contribution >= 0.6 is 0 Å². The summed E-state index contributed by atoms with van der Waals surface area (Å²) in [6.45, 7) is 4.27. The quantitative estimate of drug-likeness (QED) is 0.799. The molecule has 1 unspecified atom stereocenters. The molecule has 1 N–H and O–H groups in total. The molecule has 0 spiro atoms. The fourth-order valence-corrected chi connectivity index (χ4v) is 2.41. The second-order valence-corrected chi connectivity index (χ2v) is 5.35. The summed E-state index contributed by atoms with van der Waals surface area (Å²) in [4.78, 5) is 10.5. The molecular weight excluding hydrogens is 291 g/mol. The third-order valence-electron chi connectivity index (χ3n) is 3.75. The molecule has 0 amide bonds. The molecule has 0 saturated carbocycles. The van der Waals surface area contributed by atoms with Crippen molar-refractivity contribution in [2.75, 3.05) is 0 Å². The lowest BCUT2D eigenvalue weighted by Gasteiger charge is -2.13. The maximum atomic E-state index is 12.6. The van der Waals surface area contributed by atoms with Crippen LogP contribution in [0.25, 0.3) is 11.4 Å². The van der Waals surface area contributed by atoms with Gasteiger partial charge in [0.05, 0.1) is 0 Å². The summed E-state index contributed by atoms with van der Waals surface area (Å²) >= 11 is 0. The zero-order chi connectivity index (χ0) is 16.2. The van der Waals surface area contributed by atoms with Crippen LogP contribution < -0.4 is 0 Å². The van der Waals surface area contributed by atoms with Crippen LogP contribution in [0.15, 0.2) is 24.5 Å². The van der Waals surface area contributed by atoms with Crippen molar-refractivity contribution in [3.8, 4) is 11.4 Å². The second kappa shape index (κ2) is 6.94. The molecule has 2 heterocycles. The van der Waals surface area contributed by atoms with Crippen LogP contribution in [0, 0.1) is 0 Å². The molecule has 0 aliphatic rings. The normalized spacial score (nSPS) is 13.3. The van der Waals surface area contributed by atoms with Crippen molar-refractivity contribution >= 4 is 0 Å². The van der Waals surface area contributed by atoms with Crippen LogP contribution in [-0.4, -0.2) is 15.0 Å². The highest BCUT2D eigenvalue weighted by molar-refractivity contribution is 5.54. The molecule has 0 fully saturated rings. The van der Waals surface area contributed by atoms with E-state index in [9.17, 15) is 13.2 Å². The largest absolute Gasteiger partial charge is 0.434 e. The molecule has 0 radical (unpaired) electrons. The van der Waals surface area contributed by atoms with Crippen molar-refractivity contribution in [1.29, 1.82) is 0 Å². The second-order valence-electron chi connectivity index (χ2n) is 5.35. The maximum absolute atomic E-state index is 12.6. The van der Waals surface area contributed by atoms with Crippen LogP contribution in [0.4, 0.5) is 13.2 Å². The third kappa shape index (κ3) is 3.87. The van der Waals surface area contributed by atoms with Crippen LogP contribution in [0.2, 0.25) is 0 Å².